The van der Waals surface area contributed by atoms with Gasteiger partial charge in [0, 0.05) is 12.4 Å². The summed E-state index contributed by atoms with van der Waals surface area (Å²) in [7, 11) is 0. The highest BCUT2D eigenvalue weighted by molar-refractivity contribution is 7.80. The predicted molar refractivity (Wildman–Crippen MR) is 40.5 cm³/mol. The molecule has 0 aliphatic carbocycles. The monoisotopic (exact) mass is 140 g/mol. The zero-order valence-corrected chi connectivity index (χ0v) is 5.88. The Hall–Kier alpha value is -0.830. The Morgan fingerprint density at radius 2 is 1.67 bits per heavy atom. The molecule has 0 fully saturated rings. The molecule has 0 saturated carbocycles. The first-order chi connectivity index (χ1) is 4.39. The SMILES string of the molecule is C=C.Sc1ncccn1. The van der Waals surface area contributed by atoms with Gasteiger partial charge in [0.1, 0.15) is 0 Å². The summed E-state index contributed by atoms with van der Waals surface area (Å²) in [5, 5.41) is 0.516. The molecular formula is C6H8N2S. The molecule has 0 spiro atoms. The Kier molecular flexibility index (Phi) is 4.82. The topological polar surface area (TPSA) is 25.8 Å². The van der Waals surface area contributed by atoms with Crippen LogP contribution < -0.4 is 0 Å². The quantitative estimate of drug-likeness (QED) is 0.336. The van der Waals surface area contributed by atoms with Gasteiger partial charge in [-0.3, -0.25) is 0 Å². The summed E-state index contributed by atoms with van der Waals surface area (Å²) in [6, 6.07) is 1.75. The van der Waals surface area contributed by atoms with Gasteiger partial charge in [0.15, 0.2) is 5.16 Å². The maximum absolute atomic E-state index is 3.86. The second-order valence-electron chi connectivity index (χ2n) is 1.05. The maximum atomic E-state index is 3.86. The van der Waals surface area contributed by atoms with E-state index in [1.807, 2.05) is 0 Å². The number of nitrogens with zero attached hydrogens (tertiary/aromatic N) is 2. The third kappa shape index (κ3) is 3.73. The summed E-state index contributed by atoms with van der Waals surface area (Å²) in [5.74, 6) is 0. The lowest BCUT2D eigenvalue weighted by Gasteiger charge is -1.80. The Morgan fingerprint density at radius 3 is 1.89 bits per heavy atom. The molecule has 1 aromatic heterocycles. The largest absolute Gasteiger partial charge is 0.231 e. The molecule has 0 unspecified atom stereocenters. The molecule has 2 nitrogen and oxygen atoms in total. The highest BCUT2D eigenvalue weighted by Gasteiger charge is 1.76. The molecule has 3 heteroatoms. The summed E-state index contributed by atoms with van der Waals surface area (Å²) in [6.45, 7) is 6.00. The predicted octanol–water partition coefficient (Wildman–Crippen LogP) is 1.57. The molecule has 48 valence electrons. The number of aromatic nitrogens is 2. The number of hydrogen-bond acceptors (Lipinski definition) is 3. The van der Waals surface area contributed by atoms with E-state index in [0.29, 0.717) is 5.16 Å². The van der Waals surface area contributed by atoms with Crippen molar-refractivity contribution in [2.45, 2.75) is 5.16 Å². The van der Waals surface area contributed by atoms with Crippen molar-refractivity contribution < 1.29 is 0 Å². The van der Waals surface area contributed by atoms with Gasteiger partial charge in [0.05, 0.1) is 0 Å². The standard InChI is InChI=1S/C4H4N2S.C2H4/c7-4-5-2-1-3-6-4;1-2/h1-3H,(H,5,6,7);1-2H2. The first kappa shape index (κ1) is 8.17. The molecule has 1 aromatic rings. The van der Waals surface area contributed by atoms with Gasteiger partial charge >= 0.3 is 0 Å². The Labute approximate surface area is 60.1 Å². The Balaban J connectivity index is 0.000000291. The minimum atomic E-state index is 0.516. The van der Waals surface area contributed by atoms with Crippen LogP contribution in [0.15, 0.2) is 36.8 Å². The fraction of sp³-hybridized carbons (Fsp3) is 0. The zero-order valence-electron chi connectivity index (χ0n) is 4.99. The van der Waals surface area contributed by atoms with Crippen molar-refractivity contribution in [3.05, 3.63) is 31.6 Å². The molecule has 0 aliphatic heterocycles. The highest BCUT2D eigenvalue weighted by atomic mass is 32.1. The van der Waals surface area contributed by atoms with Crippen molar-refractivity contribution in [1.29, 1.82) is 0 Å². The van der Waals surface area contributed by atoms with Crippen LogP contribution in [0.25, 0.3) is 0 Å². The molecule has 0 N–H and O–H groups in total. The van der Waals surface area contributed by atoms with Crippen molar-refractivity contribution in [3.63, 3.8) is 0 Å². The van der Waals surface area contributed by atoms with Crippen LogP contribution >= 0.6 is 12.6 Å². The summed E-state index contributed by atoms with van der Waals surface area (Å²) in [4.78, 5) is 7.46. The molecule has 0 radical (unpaired) electrons. The normalized spacial score (nSPS) is 7.22. The van der Waals surface area contributed by atoms with Crippen LogP contribution in [0.1, 0.15) is 0 Å². The lowest BCUT2D eigenvalue weighted by molar-refractivity contribution is 0.975. The van der Waals surface area contributed by atoms with E-state index in [0.717, 1.165) is 0 Å². The third-order valence-electron chi connectivity index (χ3n) is 0.552. The van der Waals surface area contributed by atoms with Gasteiger partial charge in [0.2, 0.25) is 0 Å². The van der Waals surface area contributed by atoms with Gasteiger partial charge < -0.3 is 0 Å². The smallest absolute Gasteiger partial charge is 0.184 e. The van der Waals surface area contributed by atoms with E-state index in [2.05, 4.69) is 35.8 Å². The summed E-state index contributed by atoms with van der Waals surface area (Å²) < 4.78 is 0. The molecule has 9 heavy (non-hydrogen) atoms. The highest BCUT2D eigenvalue weighted by Crippen LogP contribution is 1.89. The molecule has 1 rings (SSSR count). The number of thiol groups is 1. The van der Waals surface area contributed by atoms with E-state index in [9.17, 15) is 0 Å². The second-order valence-corrected chi connectivity index (χ2v) is 1.45. The molecule has 0 aromatic carbocycles. The van der Waals surface area contributed by atoms with Crippen molar-refractivity contribution in [1.82, 2.24) is 9.97 Å². The average Bonchev–Trinajstić information content (AvgIpc) is 1.94. The minimum Gasteiger partial charge on any atom is -0.231 e. The lowest BCUT2D eigenvalue weighted by Crippen LogP contribution is -1.75. The van der Waals surface area contributed by atoms with E-state index < -0.39 is 0 Å². The van der Waals surface area contributed by atoms with E-state index in [1.165, 1.54) is 0 Å². The number of hydrogen-bond donors (Lipinski definition) is 1. The summed E-state index contributed by atoms with van der Waals surface area (Å²) in [5.41, 5.74) is 0. The first-order valence-electron chi connectivity index (χ1n) is 2.35. The van der Waals surface area contributed by atoms with Crippen molar-refractivity contribution in [2.24, 2.45) is 0 Å². The molecular weight excluding hydrogens is 132 g/mol. The van der Waals surface area contributed by atoms with Gasteiger partial charge in [-0.1, -0.05) is 0 Å². The second kappa shape index (κ2) is 5.31. The fourth-order valence-electron chi connectivity index (χ4n) is 0.291. The van der Waals surface area contributed by atoms with Crippen molar-refractivity contribution >= 4 is 12.6 Å². The molecule has 1 heterocycles. The molecule has 0 amide bonds. The van der Waals surface area contributed by atoms with Gasteiger partial charge in [-0.15, -0.1) is 25.8 Å². The van der Waals surface area contributed by atoms with Crippen molar-refractivity contribution in [2.75, 3.05) is 0 Å². The van der Waals surface area contributed by atoms with Crippen LogP contribution in [0.4, 0.5) is 0 Å². The molecule has 0 aliphatic rings. The van der Waals surface area contributed by atoms with Crippen LogP contribution in [0, 0.1) is 0 Å². The Morgan fingerprint density at radius 1 is 1.22 bits per heavy atom. The van der Waals surface area contributed by atoms with Gasteiger partial charge in [-0.05, 0) is 6.07 Å². The summed E-state index contributed by atoms with van der Waals surface area (Å²) >= 11 is 3.86. The van der Waals surface area contributed by atoms with E-state index >= 15 is 0 Å². The fourth-order valence-corrected chi connectivity index (χ4v) is 0.425. The zero-order chi connectivity index (χ0) is 7.11. The third-order valence-corrected chi connectivity index (χ3v) is 0.783. The molecule has 0 atom stereocenters. The molecule has 0 bridgehead atoms. The van der Waals surface area contributed by atoms with Crippen LogP contribution in [-0.4, -0.2) is 9.97 Å². The van der Waals surface area contributed by atoms with Crippen molar-refractivity contribution in [3.8, 4) is 0 Å². The van der Waals surface area contributed by atoms with E-state index in [4.69, 9.17) is 0 Å². The Bertz CT molecular complexity index is 152. The van der Waals surface area contributed by atoms with E-state index in [1.54, 1.807) is 18.5 Å². The van der Waals surface area contributed by atoms with E-state index in [-0.39, 0.29) is 0 Å². The first-order valence-corrected chi connectivity index (χ1v) is 2.80. The van der Waals surface area contributed by atoms with Gasteiger partial charge in [0.25, 0.3) is 0 Å². The van der Waals surface area contributed by atoms with Crippen LogP contribution in [-0.2, 0) is 0 Å². The average molecular weight is 140 g/mol. The van der Waals surface area contributed by atoms with Crippen LogP contribution in [0.5, 0.6) is 0 Å². The lowest BCUT2D eigenvalue weighted by atomic mass is 10.7. The van der Waals surface area contributed by atoms with Gasteiger partial charge in [-0.25, -0.2) is 9.97 Å². The van der Waals surface area contributed by atoms with Crippen LogP contribution in [0.3, 0.4) is 0 Å². The maximum Gasteiger partial charge on any atom is 0.184 e. The van der Waals surface area contributed by atoms with Crippen LogP contribution in [0.2, 0.25) is 0 Å². The van der Waals surface area contributed by atoms with Gasteiger partial charge in [-0.2, -0.15) is 0 Å². The summed E-state index contributed by atoms with van der Waals surface area (Å²) in [6.07, 6.45) is 3.30. The molecule has 0 saturated heterocycles. The minimum absolute atomic E-state index is 0.516. The number of rotatable bonds is 0.